The third-order valence-electron chi connectivity index (χ3n) is 3.28. The predicted molar refractivity (Wildman–Crippen MR) is 90.8 cm³/mol. The topological polar surface area (TPSA) is 92.1 Å². The van der Waals surface area contributed by atoms with Crippen molar-refractivity contribution >= 4 is 44.4 Å². The Kier molecular flexibility index (Phi) is 4.10. The lowest BCUT2D eigenvalue weighted by Gasteiger charge is -2.07. The van der Waals surface area contributed by atoms with Crippen molar-refractivity contribution in [2.24, 2.45) is 4.99 Å². The highest BCUT2D eigenvalue weighted by Gasteiger charge is 2.18. The summed E-state index contributed by atoms with van der Waals surface area (Å²) < 4.78 is 29.0. The zero-order valence-corrected chi connectivity index (χ0v) is 13.8. The molecular weight excluding hydrogens is 338 g/mol. The van der Waals surface area contributed by atoms with Gasteiger partial charge in [-0.05, 0) is 6.07 Å². The standard InChI is InChI=1S/C14H14ClN5O2S/c1-16-5-6-20-9-10(7-18-20)23(21,22)19-13-4-2-3-11-12(15)8-17-14(11)13/h2-5,7-9,17,19H,6H2,1H3. The zero-order chi connectivity index (χ0) is 16.4. The maximum Gasteiger partial charge on any atom is 0.265 e. The largest absolute Gasteiger partial charge is 0.358 e. The molecule has 0 aliphatic rings. The quantitative estimate of drug-likeness (QED) is 0.692. The number of aromatic nitrogens is 3. The third-order valence-corrected chi connectivity index (χ3v) is 4.91. The van der Waals surface area contributed by atoms with Crippen molar-refractivity contribution in [3.8, 4) is 0 Å². The number of rotatable bonds is 5. The first kappa shape index (κ1) is 15.6. The number of fused-ring (bicyclic) bond motifs is 1. The van der Waals surface area contributed by atoms with E-state index in [1.54, 1.807) is 31.6 Å². The Morgan fingerprint density at radius 3 is 3.09 bits per heavy atom. The van der Waals surface area contributed by atoms with E-state index in [2.05, 4.69) is 19.8 Å². The summed E-state index contributed by atoms with van der Waals surface area (Å²) in [6, 6.07) is 5.22. The molecule has 1 aromatic carbocycles. The van der Waals surface area contributed by atoms with Crippen molar-refractivity contribution in [2.45, 2.75) is 11.4 Å². The minimum Gasteiger partial charge on any atom is -0.358 e. The molecule has 2 heterocycles. The molecule has 0 radical (unpaired) electrons. The molecule has 0 saturated heterocycles. The Balaban J connectivity index is 1.92. The lowest BCUT2D eigenvalue weighted by Crippen LogP contribution is -2.12. The molecule has 0 fully saturated rings. The summed E-state index contributed by atoms with van der Waals surface area (Å²) in [5.41, 5.74) is 1.06. The van der Waals surface area contributed by atoms with Gasteiger partial charge in [0.1, 0.15) is 4.90 Å². The van der Waals surface area contributed by atoms with Crippen molar-refractivity contribution in [2.75, 3.05) is 11.8 Å². The van der Waals surface area contributed by atoms with Crippen molar-refractivity contribution in [3.63, 3.8) is 0 Å². The zero-order valence-electron chi connectivity index (χ0n) is 12.2. The van der Waals surface area contributed by atoms with Crippen LogP contribution in [0.25, 0.3) is 10.9 Å². The second-order valence-electron chi connectivity index (χ2n) is 4.81. The highest BCUT2D eigenvalue weighted by molar-refractivity contribution is 7.92. The van der Waals surface area contributed by atoms with Crippen LogP contribution in [0.2, 0.25) is 5.02 Å². The van der Waals surface area contributed by atoms with Crippen molar-refractivity contribution in [3.05, 3.63) is 41.8 Å². The molecule has 0 atom stereocenters. The van der Waals surface area contributed by atoms with Gasteiger partial charge in [-0.1, -0.05) is 23.7 Å². The van der Waals surface area contributed by atoms with E-state index in [-0.39, 0.29) is 4.90 Å². The van der Waals surface area contributed by atoms with E-state index in [9.17, 15) is 8.42 Å². The van der Waals surface area contributed by atoms with Crippen LogP contribution < -0.4 is 4.72 Å². The van der Waals surface area contributed by atoms with Crippen LogP contribution in [-0.4, -0.2) is 36.4 Å². The van der Waals surface area contributed by atoms with E-state index in [0.717, 1.165) is 5.39 Å². The Hall–Kier alpha value is -2.32. The molecule has 0 saturated carbocycles. The molecule has 0 amide bonds. The third kappa shape index (κ3) is 3.08. The van der Waals surface area contributed by atoms with Crippen LogP contribution in [-0.2, 0) is 16.6 Å². The fourth-order valence-electron chi connectivity index (χ4n) is 2.16. The summed E-state index contributed by atoms with van der Waals surface area (Å²) in [5, 5.41) is 5.29. The van der Waals surface area contributed by atoms with Crippen molar-refractivity contribution in [1.29, 1.82) is 0 Å². The number of nitrogens with zero attached hydrogens (tertiary/aromatic N) is 3. The molecule has 2 aromatic heterocycles. The maximum atomic E-state index is 12.5. The van der Waals surface area contributed by atoms with Gasteiger partial charge in [0, 0.05) is 31.0 Å². The first-order valence-electron chi connectivity index (χ1n) is 6.73. The van der Waals surface area contributed by atoms with Crippen LogP contribution in [0.1, 0.15) is 0 Å². The molecule has 3 aromatic rings. The number of aromatic amines is 1. The Labute approximate surface area is 138 Å². The predicted octanol–water partition coefficient (Wildman–Crippen LogP) is 2.52. The summed E-state index contributed by atoms with van der Waals surface area (Å²) in [4.78, 5) is 6.89. The Morgan fingerprint density at radius 1 is 1.48 bits per heavy atom. The van der Waals surface area contributed by atoms with E-state index in [1.807, 2.05) is 6.07 Å². The van der Waals surface area contributed by atoms with E-state index in [1.165, 1.54) is 17.1 Å². The fraction of sp³-hybridized carbons (Fsp3) is 0.143. The Morgan fingerprint density at radius 2 is 2.30 bits per heavy atom. The number of benzene rings is 1. The maximum absolute atomic E-state index is 12.5. The molecule has 0 aliphatic carbocycles. The minimum atomic E-state index is -3.74. The second kappa shape index (κ2) is 6.05. The number of nitrogens with one attached hydrogen (secondary N) is 2. The van der Waals surface area contributed by atoms with Gasteiger partial charge in [0.2, 0.25) is 0 Å². The Bertz CT molecular complexity index is 974. The summed E-state index contributed by atoms with van der Waals surface area (Å²) in [5.74, 6) is 0. The molecular formula is C14H14ClN5O2S. The van der Waals surface area contributed by atoms with Crippen LogP contribution in [0, 0.1) is 0 Å². The number of aliphatic imine (C=N–C) groups is 1. The number of sulfonamides is 1. The molecule has 0 aliphatic heterocycles. The number of hydrogen-bond donors (Lipinski definition) is 2. The number of halogens is 1. The van der Waals surface area contributed by atoms with Gasteiger partial charge in [-0.3, -0.25) is 14.4 Å². The van der Waals surface area contributed by atoms with Crippen LogP contribution in [0.15, 0.2) is 46.7 Å². The van der Waals surface area contributed by atoms with Gasteiger partial charge in [0.15, 0.2) is 0 Å². The fourth-order valence-corrected chi connectivity index (χ4v) is 3.39. The normalized spacial score (nSPS) is 12.3. The lowest BCUT2D eigenvalue weighted by atomic mass is 10.2. The highest BCUT2D eigenvalue weighted by atomic mass is 35.5. The lowest BCUT2D eigenvalue weighted by molar-refractivity contribution is 0.601. The van der Waals surface area contributed by atoms with Crippen molar-refractivity contribution < 1.29 is 8.42 Å². The minimum absolute atomic E-state index is 0.0802. The first-order valence-corrected chi connectivity index (χ1v) is 8.59. The van der Waals surface area contributed by atoms with Gasteiger partial charge in [-0.2, -0.15) is 5.10 Å². The molecule has 23 heavy (non-hydrogen) atoms. The molecule has 7 nitrogen and oxygen atoms in total. The number of H-pyrrole nitrogens is 1. The van der Waals surface area contributed by atoms with Crippen LogP contribution >= 0.6 is 11.6 Å². The van der Waals surface area contributed by atoms with E-state index in [0.29, 0.717) is 22.8 Å². The van der Waals surface area contributed by atoms with E-state index >= 15 is 0 Å². The van der Waals surface area contributed by atoms with Gasteiger partial charge in [0.05, 0.1) is 29.0 Å². The first-order chi connectivity index (χ1) is 11.0. The van der Waals surface area contributed by atoms with E-state index in [4.69, 9.17) is 11.6 Å². The average Bonchev–Trinajstić information content (AvgIpc) is 3.14. The number of para-hydroxylation sites is 1. The molecule has 0 unspecified atom stereocenters. The average molecular weight is 352 g/mol. The van der Waals surface area contributed by atoms with Gasteiger partial charge >= 0.3 is 0 Å². The van der Waals surface area contributed by atoms with Gasteiger partial charge in [-0.25, -0.2) is 8.42 Å². The van der Waals surface area contributed by atoms with Crippen LogP contribution in [0.5, 0.6) is 0 Å². The molecule has 0 spiro atoms. The molecule has 9 heteroatoms. The van der Waals surface area contributed by atoms with Gasteiger partial charge in [-0.15, -0.1) is 0 Å². The molecule has 120 valence electrons. The van der Waals surface area contributed by atoms with E-state index < -0.39 is 10.0 Å². The molecule has 3 rings (SSSR count). The molecule has 0 bridgehead atoms. The monoisotopic (exact) mass is 351 g/mol. The smallest absolute Gasteiger partial charge is 0.265 e. The van der Waals surface area contributed by atoms with Gasteiger partial charge in [0.25, 0.3) is 10.0 Å². The SMILES string of the molecule is CN=CCn1cc(S(=O)(=O)Nc2cccc3c(Cl)c[nH]c23)cn1. The number of hydrogen-bond acceptors (Lipinski definition) is 4. The second-order valence-corrected chi connectivity index (χ2v) is 6.90. The highest BCUT2D eigenvalue weighted by Crippen LogP contribution is 2.29. The number of anilines is 1. The van der Waals surface area contributed by atoms with Crippen molar-refractivity contribution in [1.82, 2.24) is 14.8 Å². The van der Waals surface area contributed by atoms with Crippen LogP contribution in [0.4, 0.5) is 5.69 Å². The summed E-state index contributed by atoms with van der Waals surface area (Å²) in [7, 11) is -2.10. The summed E-state index contributed by atoms with van der Waals surface area (Å²) in [6.45, 7) is 0.411. The summed E-state index contributed by atoms with van der Waals surface area (Å²) in [6.07, 6.45) is 6.00. The summed E-state index contributed by atoms with van der Waals surface area (Å²) >= 11 is 6.05. The molecule has 2 N–H and O–H groups in total. The van der Waals surface area contributed by atoms with Crippen LogP contribution in [0.3, 0.4) is 0 Å². The van der Waals surface area contributed by atoms with Gasteiger partial charge < -0.3 is 4.98 Å².